The average Bonchev–Trinajstić information content (AvgIpc) is 1.83. The first kappa shape index (κ1) is 6.99. The molecular weight excluding hydrogens is 225 g/mol. The van der Waals surface area contributed by atoms with Crippen LogP contribution in [0.15, 0.2) is 12.4 Å². The molecule has 1 heterocycles. The summed E-state index contributed by atoms with van der Waals surface area (Å²) < 4.78 is 1.24. The lowest BCUT2D eigenvalue weighted by Gasteiger charge is -1.98. The molecule has 0 aliphatic rings. The van der Waals surface area contributed by atoms with Gasteiger partial charge in [0.05, 0.1) is 0 Å². The van der Waals surface area contributed by atoms with Gasteiger partial charge in [-0.05, 0) is 47.6 Å². The van der Waals surface area contributed by atoms with E-state index >= 15 is 0 Å². The van der Waals surface area contributed by atoms with E-state index in [0.29, 0.717) is 0 Å². The second-order valence-corrected chi connectivity index (χ2v) is 3.23. The number of halogens is 1. The van der Waals surface area contributed by atoms with E-state index in [1.807, 2.05) is 12.4 Å². The molecular formula is C7H8IN. The number of aromatic nitrogens is 1. The molecule has 1 rings (SSSR count). The molecule has 0 N–H and O–H groups in total. The van der Waals surface area contributed by atoms with Gasteiger partial charge in [0.15, 0.2) is 0 Å². The van der Waals surface area contributed by atoms with E-state index in [1.54, 1.807) is 0 Å². The molecule has 0 aliphatic carbocycles. The fourth-order valence-electron chi connectivity index (χ4n) is 0.597. The SMILES string of the molecule is Cc1cncc(I)c1C. The van der Waals surface area contributed by atoms with Gasteiger partial charge in [-0.15, -0.1) is 0 Å². The first-order valence-electron chi connectivity index (χ1n) is 2.78. The third-order valence-corrected chi connectivity index (χ3v) is 2.49. The van der Waals surface area contributed by atoms with E-state index in [-0.39, 0.29) is 0 Å². The monoisotopic (exact) mass is 233 g/mol. The Kier molecular flexibility index (Phi) is 2.05. The molecule has 0 atom stereocenters. The summed E-state index contributed by atoms with van der Waals surface area (Å²) in [7, 11) is 0. The lowest BCUT2D eigenvalue weighted by Crippen LogP contribution is -1.86. The molecule has 0 amide bonds. The van der Waals surface area contributed by atoms with Crippen LogP contribution in [0, 0.1) is 17.4 Å². The van der Waals surface area contributed by atoms with Crippen molar-refractivity contribution in [2.75, 3.05) is 0 Å². The van der Waals surface area contributed by atoms with Gasteiger partial charge in [0, 0.05) is 16.0 Å². The van der Waals surface area contributed by atoms with Crippen LogP contribution in [-0.2, 0) is 0 Å². The smallest absolute Gasteiger partial charge is 0.0404 e. The van der Waals surface area contributed by atoms with E-state index in [0.717, 1.165) is 0 Å². The van der Waals surface area contributed by atoms with E-state index in [9.17, 15) is 0 Å². The first-order chi connectivity index (χ1) is 4.22. The molecule has 0 aliphatic heterocycles. The summed E-state index contributed by atoms with van der Waals surface area (Å²) in [5, 5.41) is 0. The standard InChI is InChI=1S/C7H8IN/c1-5-3-9-4-7(8)6(5)2/h3-4H,1-2H3. The Bertz CT molecular complexity index is 200. The minimum atomic E-state index is 1.24. The van der Waals surface area contributed by atoms with Gasteiger partial charge in [0.25, 0.3) is 0 Å². The van der Waals surface area contributed by atoms with Crippen LogP contribution in [0.2, 0.25) is 0 Å². The number of hydrogen-bond acceptors (Lipinski definition) is 1. The van der Waals surface area contributed by atoms with Crippen molar-refractivity contribution >= 4 is 22.6 Å². The second kappa shape index (κ2) is 2.64. The van der Waals surface area contributed by atoms with Crippen molar-refractivity contribution in [3.05, 3.63) is 27.1 Å². The molecule has 0 saturated heterocycles. The van der Waals surface area contributed by atoms with Gasteiger partial charge >= 0.3 is 0 Å². The van der Waals surface area contributed by atoms with E-state index in [2.05, 4.69) is 41.4 Å². The highest BCUT2D eigenvalue weighted by molar-refractivity contribution is 14.1. The number of aryl methyl sites for hydroxylation is 1. The van der Waals surface area contributed by atoms with E-state index in [1.165, 1.54) is 14.7 Å². The lowest BCUT2D eigenvalue weighted by molar-refractivity contribution is 1.19. The molecule has 9 heavy (non-hydrogen) atoms. The van der Waals surface area contributed by atoms with Crippen molar-refractivity contribution in [3.8, 4) is 0 Å². The van der Waals surface area contributed by atoms with Crippen LogP contribution < -0.4 is 0 Å². The minimum absolute atomic E-state index is 1.24. The van der Waals surface area contributed by atoms with Gasteiger partial charge in [-0.2, -0.15) is 0 Å². The van der Waals surface area contributed by atoms with Crippen LogP contribution in [0.1, 0.15) is 11.1 Å². The van der Waals surface area contributed by atoms with Gasteiger partial charge in [0.1, 0.15) is 0 Å². The summed E-state index contributed by atoms with van der Waals surface area (Å²) in [5.41, 5.74) is 2.60. The van der Waals surface area contributed by atoms with E-state index in [4.69, 9.17) is 0 Å². The molecule has 48 valence electrons. The third-order valence-electron chi connectivity index (χ3n) is 1.41. The van der Waals surface area contributed by atoms with Crippen molar-refractivity contribution in [3.63, 3.8) is 0 Å². The van der Waals surface area contributed by atoms with Crippen molar-refractivity contribution in [2.24, 2.45) is 0 Å². The zero-order chi connectivity index (χ0) is 6.85. The molecule has 1 aromatic rings. The largest absolute Gasteiger partial charge is 0.263 e. The molecule has 1 aromatic heterocycles. The summed E-state index contributed by atoms with van der Waals surface area (Å²) in [5.74, 6) is 0. The number of pyridine rings is 1. The quantitative estimate of drug-likeness (QED) is 0.626. The van der Waals surface area contributed by atoms with Crippen LogP contribution in [0.5, 0.6) is 0 Å². The molecule has 0 radical (unpaired) electrons. The van der Waals surface area contributed by atoms with Gasteiger partial charge in [-0.25, -0.2) is 0 Å². The Hall–Kier alpha value is -0.120. The maximum Gasteiger partial charge on any atom is 0.0404 e. The number of rotatable bonds is 0. The molecule has 0 spiro atoms. The molecule has 0 unspecified atom stereocenters. The lowest BCUT2D eigenvalue weighted by atomic mass is 10.2. The fraction of sp³-hybridized carbons (Fsp3) is 0.286. The third kappa shape index (κ3) is 1.41. The Balaban J connectivity index is 3.25. The minimum Gasteiger partial charge on any atom is -0.263 e. The molecule has 0 bridgehead atoms. The van der Waals surface area contributed by atoms with Crippen LogP contribution >= 0.6 is 22.6 Å². The second-order valence-electron chi connectivity index (χ2n) is 2.06. The molecule has 0 aromatic carbocycles. The van der Waals surface area contributed by atoms with Crippen molar-refractivity contribution in [2.45, 2.75) is 13.8 Å². The topological polar surface area (TPSA) is 12.9 Å². The Labute approximate surface area is 68.6 Å². The van der Waals surface area contributed by atoms with E-state index < -0.39 is 0 Å². The van der Waals surface area contributed by atoms with Gasteiger partial charge in [-0.3, -0.25) is 4.98 Å². The summed E-state index contributed by atoms with van der Waals surface area (Å²) in [6.07, 6.45) is 3.76. The Morgan fingerprint density at radius 2 is 2.00 bits per heavy atom. The highest BCUT2D eigenvalue weighted by Crippen LogP contribution is 2.11. The van der Waals surface area contributed by atoms with Crippen LogP contribution in [0.25, 0.3) is 0 Å². The van der Waals surface area contributed by atoms with Crippen molar-refractivity contribution in [1.29, 1.82) is 0 Å². The normalized spacial score (nSPS) is 9.67. The number of nitrogens with zero attached hydrogens (tertiary/aromatic N) is 1. The molecule has 0 fully saturated rings. The highest BCUT2D eigenvalue weighted by atomic mass is 127. The zero-order valence-electron chi connectivity index (χ0n) is 5.48. The van der Waals surface area contributed by atoms with Crippen LogP contribution in [-0.4, -0.2) is 4.98 Å². The molecule has 2 heteroatoms. The van der Waals surface area contributed by atoms with Crippen LogP contribution in [0.3, 0.4) is 0 Å². The number of hydrogen-bond donors (Lipinski definition) is 0. The van der Waals surface area contributed by atoms with Crippen molar-refractivity contribution in [1.82, 2.24) is 4.98 Å². The Morgan fingerprint density at radius 1 is 1.33 bits per heavy atom. The highest BCUT2D eigenvalue weighted by Gasteiger charge is 1.94. The summed E-state index contributed by atoms with van der Waals surface area (Å²) in [4.78, 5) is 4.04. The summed E-state index contributed by atoms with van der Waals surface area (Å²) >= 11 is 2.29. The summed E-state index contributed by atoms with van der Waals surface area (Å²) in [6.45, 7) is 4.18. The summed E-state index contributed by atoms with van der Waals surface area (Å²) in [6, 6.07) is 0. The van der Waals surface area contributed by atoms with Gasteiger partial charge in [0.2, 0.25) is 0 Å². The average molecular weight is 233 g/mol. The first-order valence-corrected chi connectivity index (χ1v) is 3.86. The van der Waals surface area contributed by atoms with Crippen LogP contribution in [0.4, 0.5) is 0 Å². The van der Waals surface area contributed by atoms with Gasteiger partial charge < -0.3 is 0 Å². The van der Waals surface area contributed by atoms with Gasteiger partial charge in [-0.1, -0.05) is 0 Å². The van der Waals surface area contributed by atoms with Crippen molar-refractivity contribution < 1.29 is 0 Å². The Morgan fingerprint density at radius 3 is 2.44 bits per heavy atom. The maximum atomic E-state index is 4.04. The predicted octanol–water partition coefficient (Wildman–Crippen LogP) is 2.30. The fourth-order valence-corrected chi connectivity index (χ4v) is 1.18. The molecule has 1 nitrogen and oxygen atoms in total. The maximum absolute atomic E-state index is 4.04. The molecule has 0 saturated carbocycles. The predicted molar refractivity (Wildman–Crippen MR) is 46.4 cm³/mol. The zero-order valence-corrected chi connectivity index (χ0v) is 7.64.